The summed E-state index contributed by atoms with van der Waals surface area (Å²) in [6.07, 6.45) is 1.94. The van der Waals surface area contributed by atoms with Gasteiger partial charge in [-0.2, -0.15) is 0 Å². The van der Waals surface area contributed by atoms with Crippen LogP contribution in [-0.4, -0.2) is 27.8 Å². The summed E-state index contributed by atoms with van der Waals surface area (Å²) in [5.74, 6) is -0.601. The van der Waals surface area contributed by atoms with Crippen LogP contribution in [0.1, 0.15) is 45.3 Å². The maximum atomic E-state index is 6.35. The highest BCUT2D eigenvalue weighted by molar-refractivity contribution is 6.74. The Balaban J connectivity index is 2.03. The van der Waals surface area contributed by atoms with E-state index < -0.39 is 14.1 Å². The molecule has 0 N–H and O–H groups in total. The highest BCUT2D eigenvalue weighted by Gasteiger charge is 2.45. The van der Waals surface area contributed by atoms with E-state index >= 15 is 0 Å². The SMILES string of the molecule is CO[C@@]1(CO[Si](C)(C)C(C)(C)C)CC[C@@H](c2ccccc2)O1. The molecule has 0 saturated carbocycles. The quantitative estimate of drug-likeness (QED) is 0.721. The van der Waals surface area contributed by atoms with E-state index in [1.54, 1.807) is 7.11 Å². The highest BCUT2D eigenvalue weighted by Crippen LogP contribution is 2.42. The molecule has 1 aromatic rings. The zero-order valence-electron chi connectivity index (χ0n) is 14.8. The van der Waals surface area contributed by atoms with Gasteiger partial charge in [-0.15, -0.1) is 0 Å². The van der Waals surface area contributed by atoms with Crippen molar-refractivity contribution in [2.45, 2.75) is 63.6 Å². The topological polar surface area (TPSA) is 27.7 Å². The first-order valence-electron chi connectivity index (χ1n) is 8.11. The Hall–Kier alpha value is -0.683. The van der Waals surface area contributed by atoms with Crippen molar-refractivity contribution in [1.29, 1.82) is 0 Å². The minimum Gasteiger partial charge on any atom is -0.411 e. The molecule has 4 heteroatoms. The lowest BCUT2D eigenvalue weighted by Crippen LogP contribution is -2.46. The first kappa shape index (κ1) is 17.7. The Bertz CT molecular complexity index is 481. The third kappa shape index (κ3) is 3.80. The van der Waals surface area contributed by atoms with Crippen LogP contribution in [0.5, 0.6) is 0 Å². The summed E-state index contributed by atoms with van der Waals surface area (Å²) >= 11 is 0. The smallest absolute Gasteiger partial charge is 0.192 e. The summed E-state index contributed by atoms with van der Waals surface area (Å²) in [5, 5.41) is 0.194. The Morgan fingerprint density at radius 3 is 2.41 bits per heavy atom. The number of methoxy groups -OCH3 is 1. The zero-order valence-corrected chi connectivity index (χ0v) is 15.8. The van der Waals surface area contributed by atoms with E-state index in [9.17, 15) is 0 Å². The van der Waals surface area contributed by atoms with Crippen molar-refractivity contribution in [3.8, 4) is 0 Å². The molecule has 0 spiro atoms. The van der Waals surface area contributed by atoms with Gasteiger partial charge in [-0.25, -0.2) is 0 Å². The van der Waals surface area contributed by atoms with Crippen molar-refractivity contribution in [2.75, 3.05) is 13.7 Å². The molecule has 124 valence electrons. The van der Waals surface area contributed by atoms with E-state index in [4.69, 9.17) is 13.9 Å². The average Bonchev–Trinajstić information content (AvgIpc) is 2.90. The highest BCUT2D eigenvalue weighted by atomic mass is 28.4. The predicted molar refractivity (Wildman–Crippen MR) is 92.4 cm³/mol. The van der Waals surface area contributed by atoms with Crippen LogP contribution < -0.4 is 0 Å². The number of ether oxygens (including phenoxy) is 2. The Labute approximate surface area is 136 Å². The molecule has 0 aromatic heterocycles. The molecule has 1 aromatic carbocycles. The summed E-state index contributed by atoms with van der Waals surface area (Å²) in [7, 11) is -0.0724. The fraction of sp³-hybridized carbons (Fsp3) is 0.667. The van der Waals surface area contributed by atoms with Gasteiger partial charge in [0.1, 0.15) is 0 Å². The molecule has 0 unspecified atom stereocenters. The first-order valence-corrected chi connectivity index (χ1v) is 11.0. The summed E-state index contributed by atoms with van der Waals surface area (Å²) in [5.41, 5.74) is 1.22. The zero-order chi connectivity index (χ0) is 16.4. The Morgan fingerprint density at radius 2 is 1.86 bits per heavy atom. The van der Waals surface area contributed by atoms with E-state index in [0.717, 1.165) is 12.8 Å². The second kappa shape index (κ2) is 6.44. The van der Waals surface area contributed by atoms with Gasteiger partial charge < -0.3 is 13.9 Å². The van der Waals surface area contributed by atoms with Crippen molar-refractivity contribution in [3.63, 3.8) is 0 Å². The van der Waals surface area contributed by atoms with Crippen LogP contribution in [-0.2, 0) is 13.9 Å². The van der Waals surface area contributed by atoms with E-state index in [0.29, 0.717) is 6.61 Å². The van der Waals surface area contributed by atoms with Crippen molar-refractivity contribution in [3.05, 3.63) is 35.9 Å². The molecule has 0 amide bonds. The van der Waals surface area contributed by atoms with Gasteiger partial charge in [0.2, 0.25) is 0 Å². The first-order chi connectivity index (χ1) is 10.2. The number of hydrogen-bond donors (Lipinski definition) is 0. The second-order valence-corrected chi connectivity index (χ2v) is 12.5. The molecule has 0 radical (unpaired) electrons. The van der Waals surface area contributed by atoms with Crippen LogP contribution in [0.4, 0.5) is 0 Å². The molecule has 3 nitrogen and oxygen atoms in total. The van der Waals surface area contributed by atoms with Gasteiger partial charge in [-0.3, -0.25) is 0 Å². The van der Waals surface area contributed by atoms with Gasteiger partial charge in [0.25, 0.3) is 0 Å². The van der Waals surface area contributed by atoms with Gasteiger partial charge in [-0.1, -0.05) is 51.1 Å². The molecule has 1 aliphatic heterocycles. The van der Waals surface area contributed by atoms with Crippen LogP contribution in [0.15, 0.2) is 30.3 Å². The third-order valence-corrected chi connectivity index (χ3v) is 9.63. The summed E-state index contributed by atoms with van der Waals surface area (Å²) < 4.78 is 18.3. The maximum Gasteiger partial charge on any atom is 0.192 e. The summed E-state index contributed by atoms with van der Waals surface area (Å²) in [6, 6.07) is 10.4. The largest absolute Gasteiger partial charge is 0.411 e. The minimum absolute atomic E-state index is 0.101. The standard InChI is InChI=1S/C18H30O3Si/c1-17(2,3)22(5,6)20-14-18(19-4)13-12-16(21-18)15-10-8-7-9-11-15/h7-11,16H,12-14H2,1-6H3/t16-,18-/m0/s1. The van der Waals surface area contributed by atoms with Crippen molar-refractivity contribution < 1.29 is 13.9 Å². The predicted octanol–water partition coefficient (Wildman–Crippen LogP) is 4.90. The number of rotatable bonds is 5. The van der Waals surface area contributed by atoms with Crippen molar-refractivity contribution in [2.24, 2.45) is 0 Å². The van der Waals surface area contributed by atoms with E-state index in [1.807, 2.05) is 6.07 Å². The molecule has 2 atom stereocenters. The Morgan fingerprint density at radius 1 is 1.23 bits per heavy atom. The molecule has 1 saturated heterocycles. The van der Waals surface area contributed by atoms with Crippen LogP contribution in [0.25, 0.3) is 0 Å². The van der Waals surface area contributed by atoms with Crippen LogP contribution >= 0.6 is 0 Å². The third-order valence-electron chi connectivity index (χ3n) is 5.15. The molecule has 0 bridgehead atoms. The number of hydrogen-bond acceptors (Lipinski definition) is 3. The second-order valence-electron chi connectivity index (χ2n) is 7.72. The maximum absolute atomic E-state index is 6.35. The van der Waals surface area contributed by atoms with Crippen LogP contribution in [0.2, 0.25) is 18.1 Å². The molecular weight excluding hydrogens is 292 g/mol. The normalized spacial score (nSPS) is 26.4. The van der Waals surface area contributed by atoms with Gasteiger partial charge in [0.05, 0.1) is 12.7 Å². The summed E-state index contributed by atoms with van der Waals surface area (Å²) in [4.78, 5) is 0. The monoisotopic (exact) mass is 322 g/mol. The molecule has 1 fully saturated rings. The van der Waals surface area contributed by atoms with Gasteiger partial charge in [0, 0.05) is 13.5 Å². The van der Waals surface area contributed by atoms with Gasteiger partial charge in [-0.05, 0) is 30.1 Å². The van der Waals surface area contributed by atoms with Crippen molar-refractivity contribution >= 4 is 8.32 Å². The van der Waals surface area contributed by atoms with Crippen molar-refractivity contribution in [1.82, 2.24) is 0 Å². The lowest BCUT2D eigenvalue weighted by Gasteiger charge is -2.39. The van der Waals surface area contributed by atoms with E-state index in [-0.39, 0.29) is 11.1 Å². The molecule has 1 aliphatic rings. The molecule has 0 aliphatic carbocycles. The molecule has 2 rings (SSSR count). The fourth-order valence-corrected chi connectivity index (χ4v) is 3.47. The van der Waals surface area contributed by atoms with E-state index in [1.165, 1.54) is 5.56 Å². The lowest BCUT2D eigenvalue weighted by molar-refractivity contribution is -0.229. The van der Waals surface area contributed by atoms with Crippen LogP contribution in [0.3, 0.4) is 0 Å². The van der Waals surface area contributed by atoms with E-state index in [2.05, 4.69) is 58.1 Å². The fourth-order valence-electron chi connectivity index (χ4n) is 2.45. The lowest BCUT2D eigenvalue weighted by atomic mass is 10.1. The summed E-state index contributed by atoms with van der Waals surface area (Å²) in [6.45, 7) is 11.8. The van der Waals surface area contributed by atoms with Gasteiger partial charge in [0.15, 0.2) is 14.1 Å². The molecular formula is C18H30O3Si. The van der Waals surface area contributed by atoms with Crippen LogP contribution in [0, 0.1) is 0 Å². The minimum atomic E-state index is -1.80. The molecule has 1 heterocycles. The Kier molecular flexibility index (Phi) is 5.17. The average molecular weight is 323 g/mol. The van der Waals surface area contributed by atoms with Gasteiger partial charge >= 0.3 is 0 Å². The number of benzene rings is 1. The molecule has 22 heavy (non-hydrogen) atoms.